The highest BCUT2D eigenvalue weighted by Crippen LogP contribution is 2.12. The van der Waals surface area contributed by atoms with Crippen molar-refractivity contribution >= 4 is 33.5 Å². The van der Waals surface area contributed by atoms with Gasteiger partial charge in [-0.05, 0) is 38.1 Å². The molecular formula is C28H29N5O7S. The summed E-state index contributed by atoms with van der Waals surface area (Å²) in [7, 11) is -2.90. The fraction of sp³-hybridized carbons (Fsp3) is 0.250. The second-order valence-electron chi connectivity index (χ2n) is 8.95. The van der Waals surface area contributed by atoms with Gasteiger partial charge in [-0.2, -0.15) is 4.36 Å². The van der Waals surface area contributed by atoms with E-state index in [1.165, 1.54) is 29.6 Å². The maximum atomic E-state index is 13.1. The normalized spacial score (nSPS) is 14.5. The molecule has 2 aromatic heterocycles. The molecule has 12 nitrogen and oxygen atoms in total. The minimum atomic E-state index is -2.90. The fourth-order valence-electron chi connectivity index (χ4n) is 3.49. The number of amides is 4. The zero-order valence-electron chi connectivity index (χ0n) is 22.5. The maximum Gasteiger partial charge on any atom is 0.323 e. The number of pyridine rings is 1. The standard InChI is InChI=1S/C28H29N5O7S/c1-19(5-4-6-21(3)31-27(37)25-20(2)9-12-40-25)7-8-22-15-23(17-29-16-22)26(36)32-41(39)13-10-33(11-14-41)28(38)30-18-24(34)35/h4-6,9,12,15-17H,1,10-11,13-14,18H2,2-3H3,(H,30,38)(H,31,37)(H,34,35)/b5-4-,21-6+. The molecule has 0 unspecified atom stereocenters. The number of carbonyl (C=O) groups excluding carboxylic acids is 3. The number of aliphatic carboxylic acids is 1. The van der Waals surface area contributed by atoms with Gasteiger partial charge in [0.25, 0.3) is 11.8 Å². The van der Waals surface area contributed by atoms with E-state index in [0.717, 1.165) is 5.56 Å². The molecule has 0 spiro atoms. The number of rotatable bonds is 7. The third-order valence-electron chi connectivity index (χ3n) is 5.66. The Morgan fingerprint density at radius 1 is 1.27 bits per heavy atom. The Morgan fingerprint density at radius 2 is 2.00 bits per heavy atom. The van der Waals surface area contributed by atoms with E-state index in [2.05, 4.69) is 38.4 Å². The van der Waals surface area contributed by atoms with Crippen LogP contribution >= 0.6 is 0 Å². The minimum Gasteiger partial charge on any atom is -0.480 e. The first-order valence-electron chi connectivity index (χ1n) is 12.3. The molecular weight excluding hydrogens is 550 g/mol. The number of hydrogen-bond donors (Lipinski definition) is 3. The summed E-state index contributed by atoms with van der Waals surface area (Å²) in [5, 5.41) is 13.6. The van der Waals surface area contributed by atoms with Crippen molar-refractivity contribution in [3.8, 4) is 11.8 Å². The molecule has 0 bridgehead atoms. The Kier molecular flexibility index (Phi) is 10.4. The molecule has 2 aromatic rings. The predicted octanol–water partition coefficient (Wildman–Crippen LogP) is 2.50. The summed E-state index contributed by atoms with van der Waals surface area (Å²) in [6.45, 7) is 7.00. The Labute approximate surface area is 237 Å². The Hall–Kier alpha value is -4.96. The number of carboxylic acid groups (broad SMARTS) is 1. The summed E-state index contributed by atoms with van der Waals surface area (Å²) in [6, 6.07) is 2.61. The van der Waals surface area contributed by atoms with Crippen LogP contribution in [0.1, 0.15) is 39.0 Å². The third kappa shape index (κ3) is 9.33. The predicted molar refractivity (Wildman–Crippen MR) is 151 cm³/mol. The van der Waals surface area contributed by atoms with E-state index >= 15 is 0 Å². The monoisotopic (exact) mass is 579 g/mol. The maximum absolute atomic E-state index is 13.1. The van der Waals surface area contributed by atoms with Gasteiger partial charge in [-0.15, -0.1) is 0 Å². The number of urea groups is 1. The lowest BCUT2D eigenvalue weighted by molar-refractivity contribution is -0.135. The van der Waals surface area contributed by atoms with Crippen LogP contribution in [0.4, 0.5) is 4.79 Å². The Morgan fingerprint density at radius 3 is 2.66 bits per heavy atom. The number of nitrogens with zero attached hydrogens (tertiary/aromatic N) is 3. The molecule has 0 atom stereocenters. The molecule has 1 aliphatic heterocycles. The van der Waals surface area contributed by atoms with Crippen molar-refractivity contribution in [3.63, 3.8) is 0 Å². The molecule has 0 saturated carbocycles. The molecule has 0 aliphatic carbocycles. The SMILES string of the molecule is C=C(C#Cc1cncc(C(=O)N=S2(=O)CCN(C(=O)NCC(=O)O)CC2)c1)/C=C\C=C(/C)NC(=O)c1occc1C. The molecule has 41 heavy (non-hydrogen) atoms. The van der Waals surface area contributed by atoms with Crippen molar-refractivity contribution in [1.82, 2.24) is 20.5 Å². The first-order chi connectivity index (χ1) is 19.5. The highest BCUT2D eigenvalue weighted by molar-refractivity contribution is 7.94. The zero-order valence-corrected chi connectivity index (χ0v) is 23.3. The lowest BCUT2D eigenvalue weighted by Crippen LogP contribution is -2.49. The number of nitrogens with one attached hydrogen (secondary N) is 2. The van der Waals surface area contributed by atoms with Crippen LogP contribution in [-0.4, -0.2) is 74.2 Å². The van der Waals surface area contributed by atoms with E-state index in [9.17, 15) is 23.4 Å². The van der Waals surface area contributed by atoms with Crippen molar-refractivity contribution < 1.29 is 32.9 Å². The van der Waals surface area contributed by atoms with Gasteiger partial charge in [0.1, 0.15) is 6.54 Å². The van der Waals surface area contributed by atoms with Crippen molar-refractivity contribution in [1.29, 1.82) is 0 Å². The summed E-state index contributed by atoms with van der Waals surface area (Å²) < 4.78 is 22.2. The fourth-order valence-corrected chi connectivity index (χ4v) is 5.30. The van der Waals surface area contributed by atoms with Gasteiger partial charge in [0.2, 0.25) is 0 Å². The van der Waals surface area contributed by atoms with Gasteiger partial charge < -0.3 is 25.1 Å². The molecule has 1 saturated heterocycles. The number of aryl methyl sites for hydroxylation is 1. The molecule has 3 N–H and O–H groups in total. The third-order valence-corrected chi connectivity index (χ3v) is 7.80. The van der Waals surface area contributed by atoms with Gasteiger partial charge in [0.05, 0.1) is 33.1 Å². The average Bonchev–Trinajstić information content (AvgIpc) is 3.37. The van der Waals surface area contributed by atoms with Gasteiger partial charge in [-0.1, -0.05) is 24.5 Å². The highest BCUT2D eigenvalue weighted by atomic mass is 32.2. The first-order valence-corrected chi connectivity index (χ1v) is 14.2. The van der Waals surface area contributed by atoms with Crippen LogP contribution in [-0.2, 0) is 14.5 Å². The van der Waals surface area contributed by atoms with E-state index in [0.29, 0.717) is 16.8 Å². The van der Waals surface area contributed by atoms with E-state index in [1.807, 2.05) is 0 Å². The van der Waals surface area contributed by atoms with E-state index < -0.39 is 34.2 Å². The van der Waals surface area contributed by atoms with Gasteiger partial charge in [-0.3, -0.25) is 19.4 Å². The first kappa shape index (κ1) is 30.6. The Balaban J connectivity index is 1.57. The molecule has 13 heteroatoms. The molecule has 214 valence electrons. The zero-order chi connectivity index (χ0) is 30.0. The molecule has 1 fully saturated rings. The number of furan rings is 1. The number of aromatic nitrogens is 1. The average molecular weight is 580 g/mol. The van der Waals surface area contributed by atoms with Crippen molar-refractivity contribution in [2.75, 3.05) is 31.1 Å². The van der Waals surface area contributed by atoms with E-state index in [4.69, 9.17) is 9.52 Å². The van der Waals surface area contributed by atoms with Crippen molar-refractivity contribution in [2.45, 2.75) is 13.8 Å². The summed E-state index contributed by atoms with van der Waals surface area (Å²) in [4.78, 5) is 52.8. The minimum absolute atomic E-state index is 0.0155. The van der Waals surface area contributed by atoms with E-state index in [1.54, 1.807) is 38.1 Å². The number of carboxylic acids is 1. The highest BCUT2D eigenvalue weighted by Gasteiger charge is 2.25. The summed E-state index contributed by atoms with van der Waals surface area (Å²) >= 11 is 0. The quantitative estimate of drug-likeness (QED) is 0.332. The van der Waals surface area contributed by atoms with Crippen molar-refractivity contribution in [2.24, 2.45) is 4.36 Å². The number of hydrogen-bond acceptors (Lipinski definition) is 7. The Bertz CT molecular complexity index is 1600. The smallest absolute Gasteiger partial charge is 0.323 e. The molecule has 3 rings (SSSR count). The lowest BCUT2D eigenvalue weighted by Gasteiger charge is -2.28. The van der Waals surface area contributed by atoms with Crippen LogP contribution in [0.2, 0.25) is 0 Å². The van der Waals surface area contributed by atoms with Crippen LogP contribution in [0.15, 0.2) is 75.6 Å². The van der Waals surface area contributed by atoms with Gasteiger partial charge in [0, 0.05) is 47.9 Å². The van der Waals surface area contributed by atoms with Crippen LogP contribution in [0.25, 0.3) is 0 Å². The lowest BCUT2D eigenvalue weighted by atomic mass is 10.2. The molecule has 0 radical (unpaired) electrons. The van der Waals surface area contributed by atoms with Gasteiger partial charge in [-0.25, -0.2) is 9.00 Å². The second-order valence-corrected chi connectivity index (χ2v) is 11.5. The molecule has 4 amide bonds. The largest absolute Gasteiger partial charge is 0.480 e. The van der Waals surface area contributed by atoms with Gasteiger partial charge >= 0.3 is 12.0 Å². The summed E-state index contributed by atoms with van der Waals surface area (Å²) in [5.41, 5.74) is 2.33. The van der Waals surface area contributed by atoms with Crippen LogP contribution < -0.4 is 10.6 Å². The topological polar surface area (TPSA) is 171 Å². The second kappa shape index (κ2) is 13.9. The molecule has 1 aliphatic rings. The number of carbonyl (C=O) groups is 4. The van der Waals surface area contributed by atoms with E-state index in [-0.39, 0.29) is 41.8 Å². The summed E-state index contributed by atoms with van der Waals surface area (Å²) in [5.74, 6) is 3.70. The van der Waals surface area contributed by atoms with Gasteiger partial charge in [0.15, 0.2) is 5.76 Å². The van der Waals surface area contributed by atoms with Crippen LogP contribution in [0.5, 0.6) is 0 Å². The van der Waals surface area contributed by atoms with Crippen LogP contribution in [0.3, 0.4) is 0 Å². The van der Waals surface area contributed by atoms with Crippen LogP contribution in [0, 0.1) is 18.8 Å². The summed E-state index contributed by atoms with van der Waals surface area (Å²) in [6.07, 6.45) is 9.22. The molecule has 3 heterocycles. The van der Waals surface area contributed by atoms with Crippen molar-refractivity contribution in [3.05, 3.63) is 89.3 Å². The number of allylic oxidation sites excluding steroid dienone is 5. The molecule has 0 aromatic carbocycles.